The zero-order valence-electron chi connectivity index (χ0n) is 15.0. The van der Waals surface area contributed by atoms with E-state index >= 15 is 0 Å². The van der Waals surface area contributed by atoms with Crippen molar-refractivity contribution < 1.29 is 9.32 Å². The average Bonchev–Trinajstić information content (AvgIpc) is 3.22. The quantitative estimate of drug-likeness (QED) is 0.860. The van der Waals surface area contributed by atoms with E-state index < -0.39 is 0 Å². The van der Waals surface area contributed by atoms with Crippen molar-refractivity contribution in [3.8, 4) is 0 Å². The molecular formula is C20H25N3O2. The molecule has 0 spiro atoms. The maximum Gasteiger partial charge on any atom is 0.241 e. The van der Waals surface area contributed by atoms with E-state index in [0.29, 0.717) is 6.54 Å². The Hall–Kier alpha value is -2.14. The second-order valence-electron chi connectivity index (χ2n) is 7.28. The molecule has 132 valence electrons. The number of fused-ring (bicyclic) bond motifs is 1. The number of amides is 1. The SMILES string of the molecule is Cc1ccc2c(c1)CCCN2C(=O)CN1CCC[C@@H]1c1cc(C)no1. The largest absolute Gasteiger partial charge is 0.359 e. The van der Waals surface area contributed by atoms with Gasteiger partial charge in [0.05, 0.1) is 18.3 Å². The van der Waals surface area contributed by atoms with Crippen molar-refractivity contribution in [3.05, 3.63) is 46.8 Å². The molecule has 4 rings (SSSR count). The summed E-state index contributed by atoms with van der Waals surface area (Å²) in [5.74, 6) is 1.07. The van der Waals surface area contributed by atoms with Gasteiger partial charge in [0.2, 0.25) is 5.91 Å². The Kier molecular flexibility index (Phi) is 4.34. The first-order valence-corrected chi connectivity index (χ1v) is 9.19. The molecule has 5 nitrogen and oxygen atoms in total. The molecule has 0 aliphatic carbocycles. The normalized spacial score (nSPS) is 20.7. The van der Waals surface area contributed by atoms with E-state index in [1.54, 1.807) is 0 Å². The fraction of sp³-hybridized carbons (Fsp3) is 0.500. The van der Waals surface area contributed by atoms with Gasteiger partial charge in [0.1, 0.15) is 0 Å². The molecule has 0 saturated carbocycles. The van der Waals surface area contributed by atoms with Crippen molar-refractivity contribution >= 4 is 11.6 Å². The molecule has 1 atom stereocenters. The number of hydrogen-bond acceptors (Lipinski definition) is 4. The number of carbonyl (C=O) groups is 1. The van der Waals surface area contributed by atoms with Crippen molar-refractivity contribution in [1.29, 1.82) is 0 Å². The number of carbonyl (C=O) groups excluding carboxylic acids is 1. The summed E-state index contributed by atoms with van der Waals surface area (Å²) in [7, 11) is 0. The van der Waals surface area contributed by atoms with Gasteiger partial charge in [0.15, 0.2) is 5.76 Å². The molecule has 0 N–H and O–H groups in total. The van der Waals surface area contributed by atoms with E-state index in [-0.39, 0.29) is 11.9 Å². The van der Waals surface area contributed by atoms with Gasteiger partial charge < -0.3 is 9.42 Å². The zero-order valence-corrected chi connectivity index (χ0v) is 15.0. The Morgan fingerprint density at radius 3 is 2.92 bits per heavy atom. The minimum absolute atomic E-state index is 0.174. The van der Waals surface area contributed by atoms with Gasteiger partial charge in [-0.05, 0) is 57.7 Å². The summed E-state index contributed by atoms with van der Waals surface area (Å²) in [5, 5.41) is 4.01. The van der Waals surface area contributed by atoms with Gasteiger partial charge in [-0.2, -0.15) is 0 Å². The highest BCUT2D eigenvalue weighted by atomic mass is 16.5. The monoisotopic (exact) mass is 339 g/mol. The van der Waals surface area contributed by atoms with E-state index in [0.717, 1.165) is 55.9 Å². The molecule has 0 radical (unpaired) electrons. The van der Waals surface area contributed by atoms with Crippen LogP contribution in [-0.4, -0.2) is 35.6 Å². The van der Waals surface area contributed by atoms with Crippen LogP contribution in [0.5, 0.6) is 0 Å². The molecular weight excluding hydrogens is 314 g/mol. The fourth-order valence-electron chi connectivity index (χ4n) is 4.12. The summed E-state index contributed by atoms with van der Waals surface area (Å²) in [5.41, 5.74) is 4.54. The molecule has 5 heteroatoms. The number of hydrogen-bond donors (Lipinski definition) is 0. The first-order valence-electron chi connectivity index (χ1n) is 9.19. The standard InChI is InChI=1S/C20H25N3O2/c1-14-7-8-17-16(11-14)5-3-10-23(17)20(24)13-22-9-4-6-18(22)19-12-15(2)21-25-19/h7-8,11-12,18H,3-6,9-10,13H2,1-2H3/t18-/m1/s1. The summed E-state index contributed by atoms with van der Waals surface area (Å²) in [6.07, 6.45) is 4.21. The maximum atomic E-state index is 13.0. The Morgan fingerprint density at radius 1 is 1.24 bits per heavy atom. The van der Waals surface area contributed by atoms with Crippen LogP contribution in [0.25, 0.3) is 0 Å². The van der Waals surface area contributed by atoms with Gasteiger partial charge in [0, 0.05) is 18.3 Å². The lowest BCUT2D eigenvalue weighted by Crippen LogP contribution is -2.42. The molecule has 2 aliphatic heterocycles. The molecule has 1 aromatic heterocycles. The molecule has 1 aromatic carbocycles. The number of rotatable bonds is 3. The lowest BCUT2D eigenvalue weighted by molar-refractivity contribution is -0.120. The number of nitrogens with zero attached hydrogens (tertiary/aromatic N) is 3. The summed E-state index contributed by atoms with van der Waals surface area (Å²) in [6.45, 7) is 6.23. The van der Waals surface area contributed by atoms with Crippen molar-refractivity contribution in [3.63, 3.8) is 0 Å². The van der Waals surface area contributed by atoms with Crippen LogP contribution in [0.1, 0.15) is 47.9 Å². The number of aryl methyl sites for hydroxylation is 3. The minimum Gasteiger partial charge on any atom is -0.359 e. The highest BCUT2D eigenvalue weighted by Crippen LogP contribution is 2.33. The Morgan fingerprint density at radius 2 is 2.12 bits per heavy atom. The maximum absolute atomic E-state index is 13.0. The second kappa shape index (κ2) is 6.64. The van der Waals surface area contributed by atoms with Crippen molar-refractivity contribution in [2.75, 3.05) is 24.5 Å². The van der Waals surface area contributed by atoms with Gasteiger partial charge in [-0.25, -0.2) is 0 Å². The van der Waals surface area contributed by atoms with Crippen molar-refractivity contribution in [2.24, 2.45) is 0 Å². The summed E-state index contributed by atoms with van der Waals surface area (Å²) in [6, 6.07) is 8.58. The van der Waals surface area contributed by atoms with E-state index in [2.05, 4.69) is 35.2 Å². The van der Waals surface area contributed by atoms with Crippen LogP contribution in [0.4, 0.5) is 5.69 Å². The molecule has 0 bridgehead atoms. The molecule has 1 saturated heterocycles. The number of benzene rings is 1. The van der Waals surface area contributed by atoms with Gasteiger partial charge in [-0.15, -0.1) is 0 Å². The topological polar surface area (TPSA) is 49.6 Å². The molecule has 1 fully saturated rings. The lowest BCUT2D eigenvalue weighted by Gasteiger charge is -2.32. The number of aromatic nitrogens is 1. The highest BCUT2D eigenvalue weighted by molar-refractivity contribution is 5.96. The first kappa shape index (κ1) is 16.3. The summed E-state index contributed by atoms with van der Waals surface area (Å²) < 4.78 is 5.46. The molecule has 1 amide bonds. The van der Waals surface area contributed by atoms with Crippen LogP contribution >= 0.6 is 0 Å². The Bertz CT molecular complexity index is 783. The molecule has 2 aliphatic rings. The van der Waals surface area contributed by atoms with Crippen LogP contribution < -0.4 is 4.90 Å². The predicted molar refractivity (Wildman–Crippen MR) is 96.6 cm³/mol. The third-order valence-electron chi connectivity index (χ3n) is 5.33. The van der Waals surface area contributed by atoms with E-state index in [1.807, 2.05) is 17.9 Å². The third kappa shape index (κ3) is 3.21. The molecule has 25 heavy (non-hydrogen) atoms. The second-order valence-corrected chi connectivity index (χ2v) is 7.28. The molecule has 0 unspecified atom stereocenters. The summed E-state index contributed by atoms with van der Waals surface area (Å²) >= 11 is 0. The Balaban J connectivity index is 1.51. The van der Waals surface area contributed by atoms with E-state index in [9.17, 15) is 4.79 Å². The van der Waals surface area contributed by atoms with Crippen LogP contribution in [-0.2, 0) is 11.2 Å². The highest BCUT2D eigenvalue weighted by Gasteiger charge is 2.32. The van der Waals surface area contributed by atoms with Crippen LogP contribution in [0.2, 0.25) is 0 Å². The Labute approximate surface area is 148 Å². The van der Waals surface area contributed by atoms with Crippen LogP contribution in [0.3, 0.4) is 0 Å². The average molecular weight is 339 g/mol. The van der Waals surface area contributed by atoms with Gasteiger partial charge in [-0.1, -0.05) is 22.9 Å². The summed E-state index contributed by atoms with van der Waals surface area (Å²) in [4.78, 5) is 17.2. The van der Waals surface area contributed by atoms with E-state index in [4.69, 9.17) is 4.52 Å². The lowest BCUT2D eigenvalue weighted by atomic mass is 9.99. The van der Waals surface area contributed by atoms with Gasteiger partial charge in [0.25, 0.3) is 0 Å². The van der Waals surface area contributed by atoms with Crippen molar-refractivity contribution in [2.45, 2.75) is 45.6 Å². The van der Waals surface area contributed by atoms with Crippen LogP contribution in [0.15, 0.2) is 28.8 Å². The fourth-order valence-corrected chi connectivity index (χ4v) is 4.12. The third-order valence-corrected chi connectivity index (χ3v) is 5.33. The first-order chi connectivity index (χ1) is 12.1. The number of likely N-dealkylation sites (tertiary alicyclic amines) is 1. The predicted octanol–water partition coefficient (Wildman–Crippen LogP) is 3.41. The van der Waals surface area contributed by atoms with Gasteiger partial charge >= 0.3 is 0 Å². The minimum atomic E-state index is 0.174. The molecule has 2 aromatic rings. The van der Waals surface area contributed by atoms with E-state index in [1.165, 1.54) is 11.1 Å². The smallest absolute Gasteiger partial charge is 0.241 e. The number of anilines is 1. The molecule has 3 heterocycles. The zero-order chi connectivity index (χ0) is 17.4. The van der Waals surface area contributed by atoms with Crippen molar-refractivity contribution in [1.82, 2.24) is 10.1 Å². The van der Waals surface area contributed by atoms with Gasteiger partial charge in [-0.3, -0.25) is 9.69 Å². The van der Waals surface area contributed by atoms with Crippen LogP contribution in [0, 0.1) is 13.8 Å².